The molecule has 6 nitrogen and oxygen atoms in total. The molecule has 1 aromatic rings. The summed E-state index contributed by atoms with van der Waals surface area (Å²) in [5.74, 6) is 2.11. The summed E-state index contributed by atoms with van der Waals surface area (Å²) in [5.41, 5.74) is 0.926. The molecule has 0 saturated heterocycles. The average molecular weight is 615 g/mol. The number of carbonyl (C=O) groups is 1. The molecule has 0 heterocycles. The Labute approximate surface area is 251 Å². The van der Waals surface area contributed by atoms with Crippen LogP contribution in [-0.4, -0.2) is 60.0 Å². The van der Waals surface area contributed by atoms with Crippen LogP contribution in [0.4, 0.5) is 0 Å². The molecule has 0 fully saturated rings. The zero-order valence-corrected chi connectivity index (χ0v) is 30.1. The Balaban J connectivity index is 3.38. The lowest BCUT2D eigenvalue weighted by atomic mass is 9.94. The lowest BCUT2D eigenvalue weighted by molar-refractivity contribution is -0.133. The first-order valence-electron chi connectivity index (χ1n) is 15.4. The monoisotopic (exact) mass is 614 g/mol. The predicted molar refractivity (Wildman–Crippen MR) is 175 cm³/mol. The zero-order chi connectivity index (χ0) is 30.3. The molecule has 0 amide bonds. The summed E-state index contributed by atoms with van der Waals surface area (Å²) in [7, 11) is -0.536. The number of ether oxygens (including phenoxy) is 3. The predicted octanol–water partition coefficient (Wildman–Crippen LogP) is 8.70. The minimum Gasteiger partial charge on any atom is -0.493 e. The van der Waals surface area contributed by atoms with E-state index in [9.17, 15) is 4.79 Å². The fourth-order valence-corrected chi connectivity index (χ4v) is 12.1. The average Bonchev–Trinajstić information content (AvgIpc) is 2.97. The molecule has 0 aliphatic carbocycles. The maximum absolute atomic E-state index is 13.6. The molecular weight excluding hydrogens is 557 g/mol. The normalized spacial score (nSPS) is 15.4. The van der Waals surface area contributed by atoms with E-state index in [2.05, 4.69) is 55.4 Å². The molecule has 40 heavy (non-hydrogen) atoms. The van der Waals surface area contributed by atoms with Gasteiger partial charge in [0.1, 0.15) is 0 Å². The summed E-state index contributed by atoms with van der Waals surface area (Å²) in [5, 5.41) is 0.0407. The van der Waals surface area contributed by atoms with Gasteiger partial charge in [-0.2, -0.15) is 0 Å². The second-order valence-electron chi connectivity index (χ2n) is 10.9. The Morgan fingerprint density at radius 2 is 1.32 bits per heavy atom. The van der Waals surface area contributed by atoms with Gasteiger partial charge in [0, 0.05) is 6.10 Å². The van der Waals surface area contributed by atoms with Crippen molar-refractivity contribution in [2.24, 2.45) is 5.92 Å². The number of thioether (sulfide) groups is 1. The highest BCUT2D eigenvalue weighted by molar-refractivity contribution is 8.13. The van der Waals surface area contributed by atoms with Crippen LogP contribution in [0.15, 0.2) is 18.2 Å². The van der Waals surface area contributed by atoms with Gasteiger partial charge in [0.25, 0.3) is 0 Å². The van der Waals surface area contributed by atoms with E-state index < -0.39 is 22.7 Å². The number of methoxy groups -OCH3 is 2. The summed E-state index contributed by atoms with van der Waals surface area (Å²) in [6.07, 6.45) is -0.0528. The molecule has 0 unspecified atom stereocenters. The fraction of sp³-hybridized carbons (Fsp3) is 0.774. The van der Waals surface area contributed by atoms with E-state index in [4.69, 9.17) is 23.1 Å². The van der Waals surface area contributed by atoms with Gasteiger partial charge in [-0.05, 0) is 79.0 Å². The SMILES string of the molecule is CCSC(=O)[C@H](OCc1ccc(OC)c(OC)c1)[C@@H](O[Si](CC)(CC)CC)[C@H](C)C[C@@H](C)O[Si](CC)(CC)CC. The smallest absolute Gasteiger partial charge is 0.220 e. The van der Waals surface area contributed by atoms with Crippen LogP contribution in [-0.2, 0) is 25.0 Å². The lowest BCUT2D eigenvalue weighted by Gasteiger charge is -2.40. The van der Waals surface area contributed by atoms with Crippen LogP contribution in [0.25, 0.3) is 0 Å². The van der Waals surface area contributed by atoms with Gasteiger partial charge in [-0.15, -0.1) is 0 Å². The molecule has 0 bridgehead atoms. The van der Waals surface area contributed by atoms with E-state index in [1.807, 2.05) is 25.1 Å². The topological polar surface area (TPSA) is 63.2 Å². The molecule has 4 atom stereocenters. The van der Waals surface area contributed by atoms with Gasteiger partial charge in [-0.25, -0.2) is 0 Å². The lowest BCUT2D eigenvalue weighted by Crippen LogP contribution is -2.50. The van der Waals surface area contributed by atoms with Crippen LogP contribution in [0.5, 0.6) is 11.5 Å². The van der Waals surface area contributed by atoms with Crippen LogP contribution in [0, 0.1) is 5.92 Å². The van der Waals surface area contributed by atoms with Crippen molar-refractivity contribution >= 4 is 33.5 Å². The Morgan fingerprint density at radius 3 is 1.80 bits per heavy atom. The molecule has 0 aliphatic heterocycles. The Morgan fingerprint density at radius 1 is 0.800 bits per heavy atom. The van der Waals surface area contributed by atoms with Crippen LogP contribution >= 0.6 is 11.8 Å². The van der Waals surface area contributed by atoms with Crippen molar-refractivity contribution in [2.75, 3.05) is 20.0 Å². The van der Waals surface area contributed by atoms with E-state index in [1.54, 1.807) is 14.2 Å². The van der Waals surface area contributed by atoms with Crippen LogP contribution < -0.4 is 9.47 Å². The van der Waals surface area contributed by atoms with E-state index in [0.717, 1.165) is 48.2 Å². The fourth-order valence-electron chi connectivity index (χ4n) is 5.58. The van der Waals surface area contributed by atoms with Crippen molar-refractivity contribution in [1.29, 1.82) is 0 Å². The van der Waals surface area contributed by atoms with E-state index in [-0.39, 0.29) is 29.8 Å². The maximum Gasteiger partial charge on any atom is 0.220 e. The number of hydrogen-bond acceptors (Lipinski definition) is 7. The third-order valence-corrected chi connectivity index (χ3v) is 18.9. The quantitative estimate of drug-likeness (QED) is 0.128. The van der Waals surface area contributed by atoms with Gasteiger partial charge in [0.05, 0.1) is 26.9 Å². The summed E-state index contributed by atoms with van der Waals surface area (Å²) in [6.45, 7) is 20.2. The Hall–Kier alpha value is -0.846. The Kier molecular flexibility index (Phi) is 17.3. The number of carbonyl (C=O) groups excluding carboxylic acids is 1. The summed E-state index contributed by atoms with van der Waals surface area (Å²) in [4.78, 5) is 13.6. The summed E-state index contributed by atoms with van der Waals surface area (Å²) in [6, 6.07) is 12.2. The van der Waals surface area contributed by atoms with Gasteiger partial charge in [-0.1, -0.05) is 73.2 Å². The molecule has 1 rings (SSSR count). The second kappa shape index (κ2) is 18.6. The van der Waals surface area contributed by atoms with E-state index >= 15 is 0 Å². The molecule has 232 valence electrons. The number of benzene rings is 1. The molecule has 0 spiro atoms. The Bertz CT molecular complexity index is 846. The van der Waals surface area contributed by atoms with E-state index in [1.165, 1.54) is 11.8 Å². The first-order valence-corrected chi connectivity index (χ1v) is 21.5. The first kappa shape index (κ1) is 37.2. The standard InChI is InChI=1S/C31H58O6SSi2/c1-12-38-31(32)30(35-23-26-19-20-27(33-10)28(22-26)34-11)29(37-40(16-5,17-6)18-7)24(8)21-25(9)36-39(13-2,14-3)15-4/h19-20,22,24-25,29-30H,12-18,21,23H2,1-11H3/t24-,25-,29+,30-/m1/s1. The summed E-state index contributed by atoms with van der Waals surface area (Å²) < 4.78 is 31.4. The maximum atomic E-state index is 13.6. The molecule has 1 aromatic carbocycles. The van der Waals surface area contributed by atoms with Gasteiger partial charge < -0.3 is 23.1 Å². The van der Waals surface area contributed by atoms with Crippen LogP contribution in [0.2, 0.25) is 36.3 Å². The van der Waals surface area contributed by atoms with Crippen LogP contribution in [0.1, 0.15) is 74.3 Å². The molecule has 9 heteroatoms. The third-order valence-electron chi connectivity index (χ3n) is 8.66. The highest BCUT2D eigenvalue weighted by Gasteiger charge is 2.42. The highest BCUT2D eigenvalue weighted by atomic mass is 32.2. The van der Waals surface area contributed by atoms with Gasteiger partial charge in [0.15, 0.2) is 34.2 Å². The third kappa shape index (κ3) is 10.5. The zero-order valence-electron chi connectivity index (χ0n) is 27.3. The first-order chi connectivity index (χ1) is 19.1. The number of hydrogen-bond donors (Lipinski definition) is 0. The molecule has 0 saturated carbocycles. The molecule has 0 aliphatic rings. The van der Waals surface area contributed by atoms with Gasteiger partial charge in [-0.3, -0.25) is 4.79 Å². The molecule has 0 N–H and O–H groups in total. The molecule has 0 radical (unpaired) electrons. The second-order valence-corrected chi connectivity index (χ2v) is 21.6. The van der Waals surface area contributed by atoms with Crippen molar-refractivity contribution in [3.63, 3.8) is 0 Å². The molecule has 0 aromatic heterocycles. The molecular formula is C31H58O6SSi2. The van der Waals surface area contributed by atoms with Gasteiger partial charge in [0.2, 0.25) is 5.12 Å². The minimum absolute atomic E-state index is 0.0407. The van der Waals surface area contributed by atoms with Crippen molar-refractivity contribution in [3.05, 3.63) is 23.8 Å². The largest absolute Gasteiger partial charge is 0.493 e. The van der Waals surface area contributed by atoms with Gasteiger partial charge >= 0.3 is 0 Å². The van der Waals surface area contributed by atoms with Crippen molar-refractivity contribution in [3.8, 4) is 11.5 Å². The van der Waals surface area contributed by atoms with Crippen molar-refractivity contribution < 1.29 is 27.9 Å². The minimum atomic E-state index is -2.04. The highest BCUT2D eigenvalue weighted by Crippen LogP contribution is 2.34. The van der Waals surface area contributed by atoms with Crippen LogP contribution in [0.3, 0.4) is 0 Å². The van der Waals surface area contributed by atoms with Crippen molar-refractivity contribution in [1.82, 2.24) is 0 Å². The number of rotatable bonds is 21. The van der Waals surface area contributed by atoms with E-state index in [0.29, 0.717) is 17.3 Å². The summed E-state index contributed by atoms with van der Waals surface area (Å²) >= 11 is 1.32. The van der Waals surface area contributed by atoms with Crippen molar-refractivity contribution in [2.45, 2.75) is 130 Å².